The van der Waals surface area contributed by atoms with E-state index in [2.05, 4.69) is 16.9 Å². The van der Waals surface area contributed by atoms with E-state index in [0.29, 0.717) is 16.3 Å². The number of nitrogens with one attached hydrogen (secondary N) is 1. The highest BCUT2D eigenvalue weighted by molar-refractivity contribution is 7.99. The van der Waals surface area contributed by atoms with Crippen LogP contribution in [0.2, 0.25) is 0 Å². The van der Waals surface area contributed by atoms with Crippen molar-refractivity contribution in [1.29, 1.82) is 0 Å². The van der Waals surface area contributed by atoms with Gasteiger partial charge in [0.05, 0.1) is 5.39 Å². The molecule has 0 atom stereocenters. The summed E-state index contributed by atoms with van der Waals surface area (Å²) in [5, 5.41) is 1.34. The Balaban J connectivity index is 2.33. The third kappa shape index (κ3) is 3.13. The van der Waals surface area contributed by atoms with Crippen molar-refractivity contribution in [3.8, 4) is 0 Å². The summed E-state index contributed by atoms with van der Waals surface area (Å²) in [5.74, 6) is 0.716. The minimum atomic E-state index is -0.276. The minimum Gasteiger partial charge on any atom is -0.325 e. The van der Waals surface area contributed by atoms with Crippen molar-refractivity contribution in [3.05, 3.63) is 21.3 Å². The van der Waals surface area contributed by atoms with Gasteiger partial charge in [0.25, 0.3) is 5.56 Å². The second-order valence-corrected chi connectivity index (χ2v) is 7.01. The van der Waals surface area contributed by atoms with E-state index in [9.17, 15) is 4.79 Å². The fraction of sp³-hybridized carbons (Fsp3) is 0.500. The van der Waals surface area contributed by atoms with Crippen LogP contribution in [0.15, 0.2) is 16.0 Å². The normalized spacial score (nSPS) is 12.2. The zero-order valence-electron chi connectivity index (χ0n) is 10.7. The number of nitrogens with zero attached hydrogens (tertiary/aromatic N) is 1. The molecule has 0 unspecified atom stereocenters. The van der Waals surface area contributed by atoms with E-state index in [4.69, 9.17) is 5.73 Å². The standard InChI is InChI=1S/C12H17N3OS2/c1-4-7-5-8-9(16)14-11(15-10(8)18-7)17-6-12(2,3)13/h5H,4,6,13H2,1-3H3,(H,14,15,16). The number of fused-ring (bicyclic) bond motifs is 1. The van der Waals surface area contributed by atoms with Gasteiger partial charge >= 0.3 is 0 Å². The predicted octanol–water partition coefficient (Wildman–Crippen LogP) is 2.38. The number of aromatic nitrogens is 2. The molecule has 0 saturated carbocycles. The summed E-state index contributed by atoms with van der Waals surface area (Å²) in [4.78, 5) is 21.2. The van der Waals surface area contributed by atoms with Gasteiger partial charge in [0.15, 0.2) is 5.16 Å². The molecule has 0 fully saturated rings. The Kier molecular flexibility index (Phi) is 3.79. The molecule has 2 rings (SSSR count). The molecule has 98 valence electrons. The Morgan fingerprint density at radius 2 is 2.28 bits per heavy atom. The first-order chi connectivity index (χ1) is 8.39. The lowest BCUT2D eigenvalue weighted by atomic mass is 10.1. The molecule has 3 N–H and O–H groups in total. The number of thiophene rings is 1. The van der Waals surface area contributed by atoms with Crippen LogP contribution >= 0.6 is 23.1 Å². The maximum atomic E-state index is 11.9. The van der Waals surface area contributed by atoms with E-state index in [1.165, 1.54) is 16.6 Å². The molecule has 2 aromatic rings. The molecule has 0 aliphatic carbocycles. The number of aryl methyl sites for hydroxylation is 1. The smallest absolute Gasteiger partial charge is 0.260 e. The van der Waals surface area contributed by atoms with Crippen LogP contribution in [0.3, 0.4) is 0 Å². The van der Waals surface area contributed by atoms with Crippen molar-refractivity contribution in [1.82, 2.24) is 9.97 Å². The largest absolute Gasteiger partial charge is 0.325 e. The number of aromatic amines is 1. The molecule has 0 radical (unpaired) electrons. The van der Waals surface area contributed by atoms with E-state index in [0.717, 1.165) is 11.3 Å². The van der Waals surface area contributed by atoms with Crippen molar-refractivity contribution in [2.45, 2.75) is 37.9 Å². The van der Waals surface area contributed by atoms with Crippen LogP contribution in [0.4, 0.5) is 0 Å². The molecule has 0 aromatic carbocycles. The van der Waals surface area contributed by atoms with E-state index >= 15 is 0 Å². The molecule has 0 aliphatic rings. The average molecular weight is 283 g/mol. The van der Waals surface area contributed by atoms with Gasteiger partial charge in [0, 0.05) is 16.2 Å². The monoisotopic (exact) mass is 283 g/mol. The zero-order valence-corrected chi connectivity index (χ0v) is 12.4. The molecule has 18 heavy (non-hydrogen) atoms. The van der Waals surface area contributed by atoms with Gasteiger partial charge in [0.2, 0.25) is 0 Å². The SMILES string of the molecule is CCc1cc2c(=O)[nH]c(SCC(C)(C)N)nc2s1. The van der Waals surface area contributed by atoms with Gasteiger partial charge in [-0.15, -0.1) is 11.3 Å². The quantitative estimate of drug-likeness (QED) is 0.667. The fourth-order valence-corrected chi connectivity index (χ4v) is 3.31. The van der Waals surface area contributed by atoms with Gasteiger partial charge in [0.1, 0.15) is 4.83 Å². The highest BCUT2D eigenvalue weighted by Gasteiger charge is 2.13. The van der Waals surface area contributed by atoms with Gasteiger partial charge < -0.3 is 10.7 Å². The number of nitrogens with two attached hydrogens (primary N) is 1. The molecule has 0 bridgehead atoms. The van der Waals surface area contributed by atoms with Crippen LogP contribution in [0.25, 0.3) is 10.2 Å². The second-order valence-electron chi connectivity index (χ2n) is 4.93. The summed E-state index contributed by atoms with van der Waals surface area (Å²) in [5.41, 5.74) is 5.58. The third-order valence-corrected chi connectivity index (χ3v) is 4.89. The number of H-pyrrole nitrogens is 1. The molecule has 6 heteroatoms. The summed E-state index contributed by atoms with van der Waals surface area (Å²) in [6.07, 6.45) is 0.929. The van der Waals surface area contributed by atoms with Crippen LogP contribution in [-0.4, -0.2) is 21.3 Å². The lowest BCUT2D eigenvalue weighted by molar-refractivity contribution is 0.590. The van der Waals surface area contributed by atoms with E-state index in [1.807, 2.05) is 19.9 Å². The van der Waals surface area contributed by atoms with Crippen molar-refractivity contribution >= 4 is 33.3 Å². The Morgan fingerprint density at radius 1 is 1.56 bits per heavy atom. The van der Waals surface area contributed by atoms with Crippen LogP contribution in [0.5, 0.6) is 0 Å². The Hall–Kier alpha value is -0.850. The highest BCUT2D eigenvalue weighted by Crippen LogP contribution is 2.24. The lowest BCUT2D eigenvalue weighted by Crippen LogP contribution is -2.34. The maximum Gasteiger partial charge on any atom is 0.260 e. The summed E-state index contributed by atoms with van der Waals surface area (Å²) in [7, 11) is 0. The summed E-state index contributed by atoms with van der Waals surface area (Å²) in [6.45, 7) is 5.99. The van der Waals surface area contributed by atoms with Gasteiger partial charge in [-0.3, -0.25) is 4.79 Å². The van der Waals surface area contributed by atoms with E-state index < -0.39 is 0 Å². The number of hydrogen-bond donors (Lipinski definition) is 2. The Morgan fingerprint density at radius 3 is 2.89 bits per heavy atom. The van der Waals surface area contributed by atoms with Crippen LogP contribution in [0.1, 0.15) is 25.6 Å². The fourth-order valence-electron chi connectivity index (χ4n) is 1.46. The number of thioether (sulfide) groups is 1. The first kappa shape index (κ1) is 13.6. The molecule has 0 spiro atoms. The topological polar surface area (TPSA) is 71.8 Å². The molecule has 4 nitrogen and oxygen atoms in total. The maximum absolute atomic E-state index is 11.9. The van der Waals surface area contributed by atoms with Crippen LogP contribution < -0.4 is 11.3 Å². The van der Waals surface area contributed by atoms with Gasteiger partial charge in [-0.05, 0) is 26.3 Å². The van der Waals surface area contributed by atoms with Crippen LogP contribution in [0, 0.1) is 0 Å². The molecule has 2 heterocycles. The van der Waals surface area contributed by atoms with Crippen molar-refractivity contribution in [2.24, 2.45) is 5.73 Å². The summed E-state index contributed by atoms with van der Waals surface area (Å²) < 4.78 is 0. The van der Waals surface area contributed by atoms with Gasteiger partial charge in [-0.25, -0.2) is 4.98 Å². The highest BCUT2D eigenvalue weighted by atomic mass is 32.2. The lowest BCUT2D eigenvalue weighted by Gasteiger charge is -2.16. The summed E-state index contributed by atoms with van der Waals surface area (Å²) >= 11 is 3.07. The third-order valence-electron chi connectivity index (χ3n) is 2.36. The minimum absolute atomic E-state index is 0.0618. The second kappa shape index (κ2) is 5.03. The number of rotatable bonds is 4. The Labute approximate surface area is 114 Å². The molecular formula is C12H17N3OS2. The Bertz CT molecular complexity index is 610. The molecule has 0 aliphatic heterocycles. The first-order valence-electron chi connectivity index (χ1n) is 5.83. The first-order valence-corrected chi connectivity index (χ1v) is 7.63. The van der Waals surface area contributed by atoms with Crippen molar-refractivity contribution < 1.29 is 0 Å². The van der Waals surface area contributed by atoms with Crippen molar-refractivity contribution in [3.63, 3.8) is 0 Å². The molecular weight excluding hydrogens is 266 g/mol. The zero-order chi connectivity index (χ0) is 13.3. The average Bonchev–Trinajstić information content (AvgIpc) is 2.69. The molecule has 0 saturated heterocycles. The van der Waals surface area contributed by atoms with Crippen LogP contribution in [-0.2, 0) is 6.42 Å². The van der Waals surface area contributed by atoms with Gasteiger partial charge in [-0.1, -0.05) is 18.7 Å². The van der Waals surface area contributed by atoms with Crippen molar-refractivity contribution in [2.75, 3.05) is 5.75 Å². The van der Waals surface area contributed by atoms with Gasteiger partial charge in [-0.2, -0.15) is 0 Å². The molecule has 2 aromatic heterocycles. The summed E-state index contributed by atoms with van der Waals surface area (Å²) in [6, 6.07) is 1.92. The number of hydrogen-bond acceptors (Lipinski definition) is 5. The molecule has 0 amide bonds. The van der Waals surface area contributed by atoms with E-state index in [-0.39, 0.29) is 11.1 Å². The van der Waals surface area contributed by atoms with E-state index in [1.54, 1.807) is 11.3 Å². The predicted molar refractivity (Wildman–Crippen MR) is 78.6 cm³/mol.